The number of aromatic nitrogens is 1. The fourth-order valence-corrected chi connectivity index (χ4v) is 4.09. The van der Waals surface area contributed by atoms with Crippen molar-refractivity contribution in [1.82, 2.24) is 19.7 Å². The Labute approximate surface area is 214 Å². The van der Waals surface area contributed by atoms with Crippen LogP contribution in [0.15, 0.2) is 54.7 Å². The maximum atomic E-state index is 13.5. The molecule has 0 aliphatic heterocycles. The highest BCUT2D eigenvalue weighted by atomic mass is 19.4. The molecule has 0 saturated heterocycles. The number of alkyl halides is 3. The first-order valence-electron chi connectivity index (χ1n) is 12.0. The van der Waals surface area contributed by atoms with E-state index in [1.165, 1.54) is 21.9 Å². The molecule has 0 radical (unpaired) electrons. The van der Waals surface area contributed by atoms with Gasteiger partial charge in [0.25, 0.3) is 0 Å². The Morgan fingerprint density at radius 3 is 2.32 bits per heavy atom. The maximum Gasteiger partial charge on any atom is 0.416 e. The van der Waals surface area contributed by atoms with E-state index in [4.69, 9.17) is 4.74 Å². The van der Waals surface area contributed by atoms with E-state index in [-0.39, 0.29) is 25.0 Å². The number of para-hydroxylation sites is 1. The van der Waals surface area contributed by atoms with Gasteiger partial charge in [0.2, 0.25) is 5.91 Å². The fourth-order valence-electron chi connectivity index (χ4n) is 4.09. The molecule has 7 nitrogen and oxygen atoms in total. The molecule has 37 heavy (non-hydrogen) atoms. The van der Waals surface area contributed by atoms with E-state index < -0.39 is 11.7 Å². The molecular weight excluding hydrogens is 485 g/mol. The first-order valence-corrected chi connectivity index (χ1v) is 12.0. The Bertz CT molecular complexity index is 1180. The Balaban J connectivity index is 1.80. The summed E-state index contributed by atoms with van der Waals surface area (Å²) >= 11 is 0. The summed E-state index contributed by atoms with van der Waals surface area (Å²) in [6.45, 7) is 1.11. The lowest BCUT2D eigenvalue weighted by Crippen LogP contribution is -2.47. The Hall–Kier alpha value is -3.53. The van der Waals surface area contributed by atoms with Crippen molar-refractivity contribution in [3.05, 3.63) is 71.4 Å². The first-order chi connectivity index (χ1) is 17.6. The van der Waals surface area contributed by atoms with Crippen molar-refractivity contribution < 1.29 is 27.5 Å². The van der Waals surface area contributed by atoms with Gasteiger partial charge in [-0.2, -0.15) is 13.2 Å². The molecule has 0 bridgehead atoms. The highest BCUT2D eigenvalue weighted by Crippen LogP contribution is 2.29. The summed E-state index contributed by atoms with van der Waals surface area (Å²) in [6.07, 6.45) is -1.42. The summed E-state index contributed by atoms with van der Waals surface area (Å²) in [5.41, 5.74) is 1.85. The number of rotatable bonds is 11. The van der Waals surface area contributed by atoms with Crippen LogP contribution in [0.25, 0.3) is 10.9 Å². The van der Waals surface area contributed by atoms with E-state index in [1.54, 1.807) is 26.1 Å². The number of halogens is 3. The average Bonchev–Trinajstić information content (AvgIpc) is 3.28. The van der Waals surface area contributed by atoms with Gasteiger partial charge in [-0.1, -0.05) is 30.3 Å². The van der Waals surface area contributed by atoms with Crippen molar-refractivity contribution in [2.24, 2.45) is 0 Å². The van der Waals surface area contributed by atoms with Gasteiger partial charge in [-0.3, -0.25) is 4.79 Å². The molecule has 0 aliphatic carbocycles. The summed E-state index contributed by atoms with van der Waals surface area (Å²) in [4.78, 5) is 33.9. The van der Waals surface area contributed by atoms with Crippen molar-refractivity contribution >= 4 is 22.8 Å². The van der Waals surface area contributed by atoms with Gasteiger partial charge >= 0.3 is 12.2 Å². The molecule has 1 heterocycles. The van der Waals surface area contributed by atoms with Crippen LogP contribution in [0.1, 0.15) is 23.1 Å². The lowest BCUT2D eigenvalue weighted by molar-refractivity contribution is -0.137. The fraction of sp³-hybridized carbons (Fsp3) is 0.407. The molecule has 200 valence electrons. The third-order valence-electron chi connectivity index (χ3n) is 6.09. The molecule has 3 amide bonds. The smallest absolute Gasteiger partial charge is 0.385 e. The van der Waals surface area contributed by atoms with E-state index in [0.29, 0.717) is 38.1 Å². The number of nitrogens with one attached hydrogen (secondary N) is 1. The zero-order valence-corrected chi connectivity index (χ0v) is 21.3. The molecule has 0 fully saturated rings. The van der Waals surface area contributed by atoms with Crippen LogP contribution in [0.3, 0.4) is 0 Å². The number of benzene rings is 2. The predicted molar refractivity (Wildman–Crippen MR) is 136 cm³/mol. The zero-order chi connectivity index (χ0) is 27.0. The van der Waals surface area contributed by atoms with E-state index in [0.717, 1.165) is 28.6 Å². The van der Waals surface area contributed by atoms with Crippen LogP contribution >= 0.6 is 0 Å². The number of hydrogen-bond donors (Lipinski definition) is 1. The molecule has 2 aromatic carbocycles. The van der Waals surface area contributed by atoms with Crippen molar-refractivity contribution in [3.8, 4) is 0 Å². The molecule has 3 rings (SSSR count). The van der Waals surface area contributed by atoms with Crippen molar-refractivity contribution in [2.75, 3.05) is 47.4 Å². The van der Waals surface area contributed by atoms with Gasteiger partial charge in [-0.25, -0.2) is 4.79 Å². The lowest BCUT2D eigenvalue weighted by Gasteiger charge is -2.29. The monoisotopic (exact) mass is 518 g/mol. The highest BCUT2D eigenvalue weighted by Gasteiger charge is 2.30. The molecule has 3 aromatic rings. The summed E-state index contributed by atoms with van der Waals surface area (Å²) in [6, 6.07) is 12.3. The Kier molecular flexibility index (Phi) is 9.57. The van der Waals surface area contributed by atoms with Crippen LogP contribution in [-0.4, -0.2) is 79.1 Å². The second kappa shape index (κ2) is 12.6. The van der Waals surface area contributed by atoms with E-state index in [1.807, 2.05) is 30.5 Å². The second-order valence-electron chi connectivity index (χ2n) is 9.06. The van der Waals surface area contributed by atoms with Crippen LogP contribution in [0, 0.1) is 0 Å². The number of aromatic amines is 1. The van der Waals surface area contributed by atoms with Crippen molar-refractivity contribution in [2.45, 2.75) is 25.6 Å². The Morgan fingerprint density at radius 1 is 0.973 bits per heavy atom. The predicted octanol–water partition coefficient (Wildman–Crippen LogP) is 4.78. The number of H-pyrrole nitrogens is 1. The molecule has 0 spiro atoms. The van der Waals surface area contributed by atoms with Gasteiger partial charge in [0.05, 0.1) is 5.56 Å². The summed E-state index contributed by atoms with van der Waals surface area (Å²) < 4.78 is 44.1. The van der Waals surface area contributed by atoms with Crippen LogP contribution in [0.2, 0.25) is 0 Å². The largest absolute Gasteiger partial charge is 0.416 e. The zero-order valence-electron chi connectivity index (χ0n) is 21.3. The molecule has 1 N–H and O–H groups in total. The number of amides is 3. The van der Waals surface area contributed by atoms with Crippen LogP contribution in [0.5, 0.6) is 0 Å². The molecule has 0 aliphatic rings. The number of urea groups is 1. The normalized spacial score (nSPS) is 11.5. The van der Waals surface area contributed by atoms with Crippen LogP contribution in [0.4, 0.5) is 18.0 Å². The number of carbonyl (C=O) groups excluding carboxylic acids is 2. The van der Waals surface area contributed by atoms with Crippen LogP contribution in [-0.2, 0) is 28.7 Å². The van der Waals surface area contributed by atoms with Gasteiger partial charge in [0.15, 0.2) is 0 Å². The molecule has 0 saturated carbocycles. The van der Waals surface area contributed by atoms with Crippen LogP contribution < -0.4 is 0 Å². The molecule has 1 aromatic heterocycles. The van der Waals surface area contributed by atoms with E-state index in [2.05, 4.69) is 4.98 Å². The minimum atomic E-state index is -4.43. The second-order valence-corrected chi connectivity index (χ2v) is 9.06. The third-order valence-corrected chi connectivity index (χ3v) is 6.09. The van der Waals surface area contributed by atoms with Gasteiger partial charge in [0.1, 0.15) is 6.54 Å². The number of fused-ring (bicyclic) bond motifs is 1. The highest BCUT2D eigenvalue weighted by molar-refractivity contribution is 5.85. The number of nitrogens with zero attached hydrogens (tertiary/aromatic N) is 3. The summed E-state index contributed by atoms with van der Waals surface area (Å²) in [5, 5.41) is 1.05. The molecule has 10 heteroatoms. The van der Waals surface area contributed by atoms with E-state index in [9.17, 15) is 22.8 Å². The number of carbonyl (C=O) groups is 2. The number of hydrogen-bond acceptors (Lipinski definition) is 3. The lowest BCUT2D eigenvalue weighted by atomic mass is 10.1. The van der Waals surface area contributed by atoms with Gasteiger partial charge in [-0.15, -0.1) is 0 Å². The standard InChI is InChI=1S/C27H33F3N4O3/c1-32(2)26(36)34(14-6-16-37-3)19-25(35)33(18-20-9-11-22(12-10-20)27(28,29)30)15-13-21-17-31-24-8-5-4-7-23(21)24/h4-5,7-12,17,31H,6,13-16,18-19H2,1-3H3. The molecule has 0 unspecified atom stereocenters. The van der Waals surface area contributed by atoms with Crippen molar-refractivity contribution in [3.63, 3.8) is 0 Å². The summed E-state index contributed by atoms with van der Waals surface area (Å²) in [5.74, 6) is -0.285. The van der Waals surface area contributed by atoms with E-state index >= 15 is 0 Å². The SMILES string of the molecule is COCCCN(CC(=O)N(CCc1c[nH]c2ccccc12)Cc1ccc(C(F)(F)F)cc1)C(=O)N(C)C. The topological polar surface area (TPSA) is 68.9 Å². The molecular formula is C27H33F3N4O3. The Morgan fingerprint density at radius 2 is 1.68 bits per heavy atom. The minimum absolute atomic E-state index is 0.126. The quantitative estimate of drug-likeness (QED) is 0.372. The van der Waals surface area contributed by atoms with Crippen molar-refractivity contribution in [1.29, 1.82) is 0 Å². The number of ether oxygens (including phenoxy) is 1. The maximum absolute atomic E-state index is 13.5. The first kappa shape index (κ1) is 28.0. The third kappa shape index (κ3) is 7.72. The van der Waals surface area contributed by atoms with Gasteiger partial charge < -0.3 is 24.4 Å². The van der Waals surface area contributed by atoms with Gasteiger partial charge in [-0.05, 0) is 42.2 Å². The number of methoxy groups -OCH3 is 1. The average molecular weight is 519 g/mol. The minimum Gasteiger partial charge on any atom is -0.385 e. The summed E-state index contributed by atoms with van der Waals surface area (Å²) in [7, 11) is 4.81. The van der Waals surface area contributed by atoms with Gasteiger partial charge in [0, 0.05) is 64.5 Å². The molecule has 0 atom stereocenters.